The Morgan fingerprint density at radius 2 is 2.25 bits per heavy atom. The third-order valence-electron chi connectivity index (χ3n) is 3.87. The molecule has 1 fully saturated rings. The smallest absolute Gasteiger partial charge is 0.0476 e. The largest absolute Gasteiger partial charge is 0.396 e. The maximum absolute atomic E-state index is 9.39. The average molecular weight is 297 g/mol. The normalized spacial score (nSPS) is 19.6. The number of anilines is 1. The summed E-state index contributed by atoms with van der Waals surface area (Å²) in [6.45, 7) is 7.40. The van der Waals surface area contributed by atoms with Crippen molar-refractivity contribution < 1.29 is 5.11 Å². The van der Waals surface area contributed by atoms with Gasteiger partial charge in [-0.3, -0.25) is 0 Å². The number of nitrogens with zero attached hydrogens (tertiary/aromatic N) is 1. The van der Waals surface area contributed by atoms with Crippen molar-refractivity contribution in [3.63, 3.8) is 0 Å². The number of hydrogen-bond donors (Lipinski definition) is 2. The second kappa shape index (κ2) is 7.30. The summed E-state index contributed by atoms with van der Waals surface area (Å²) in [7, 11) is 0. The van der Waals surface area contributed by atoms with Gasteiger partial charge >= 0.3 is 0 Å². The van der Waals surface area contributed by atoms with Crippen LogP contribution in [0.4, 0.5) is 5.69 Å². The highest BCUT2D eigenvalue weighted by molar-refractivity contribution is 6.30. The summed E-state index contributed by atoms with van der Waals surface area (Å²) < 4.78 is 0. The van der Waals surface area contributed by atoms with Crippen LogP contribution in [0.2, 0.25) is 5.02 Å². The molecule has 1 aromatic carbocycles. The molecule has 1 atom stereocenters. The molecule has 0 bridgehead atoms. The lowest BCUT2D eigenvalue weighted by atomic mass is 9.97. The van der Waals surface area contributed by atoms with Crippen LogP contribution in [0.1, 0.15) is 32.3 Å². The van der Waals surface area contributed by atoms with Gasteiger partial charge < -0.3 is 15.3 Å². The molecule has 112 valence electrons. The van der Waals surface area contributed by atoms with Crippen molar-refractivity contribution in [1.29, 1.82) is 0 Å². The van der Waals surface area contributed by atoms with Gasteiger partial charge in [-0.05, 0) is 36.5 Å². The minimum absolute atomic E-state index is 0.274. The SMILES string of the molecule is CC(C)NCc1ccc(Cl)cc1N1CCCC(CO)C1. The molecule has 1 aromatic rings. The Labute approximate surface area is 126 Å². The Morgan fingerprint density at radius 3 is 2.95 bits per heavy atom. The lowest BCUT2D eigenvalue weighted by molar-refractivity contribution is 0.208. The number of hydrogen-bond acceptors (Lipinski definition) is 3. The number of rotatable bonds is 5. The first-order valence-electron chi connectivity index (χ1n) is 7.47. The van der Waals surface area contributed by atoms with E-state index in [1.165, 1.54) is 11.3 Å². The van der Waals surface area contributed by atoms with Crippen LogP contribution in [0.5, 0.6) is 0 Å². The van der Waals surface area contributed by atoms with E-state index in [0.717, 1.165) is 37.5 Å². The Bertz CT molecular complexity index is 436. The number of halogens is 1. The zero-order valence-electron chi connectivity index (χ0n) is 12.4. The molecule has 1 heterocycles. The standard InChI is InChI=1S/C16H25ClN2O/c1-12(2)18-9-14-5-6-15(17)8-16(14)19-7-3-4-13(10-19)11-20/h5-6,8,12-13,18,20H,3-4,7,9-11H2,1-2H3. The van der Waals surface area contributed by atoms with E-state index in [1.807, 2.05) is 6.07 Å². The Morgan fingerprint density at radius 1 is 1.45 bits per heavy atom. The number of aliphatic hydroxyl groups excluding tert-OH is 1. The van der Waals surface area contributed by atoms with E-state index < -0.39 is 0 Å². The first kappa shape index (κ1) is 15.6. The van der Waals surface area contributed by atoms with Crippen LogP contribution in [0.25, 0.3) is 0 Å². The summed E-state index contributed by atoms with van der Waals surface area (Å²) in [5.41, 5.74) is 2.49. The van der Waals surface area contributed by atoms with Crippen molar-refractivity contribution in [2.24, 2.45) is 5.92 Å². The number of benzene rings is 1. The maximum Gasteiger partial charge on any atom is 0.0476 e. The maximum atomic E-state index is 9.39. The third kappa shape index (κ3) is 4.11. The van der Waals surface area contributed by atoms with Crippen molar-refractivity contribution in [3.8, 4) is 0 Å². The zero-order valence-corrected chi connectivity index (χ0v) is 13.2. The Balaban J connectivity index is 2.17. The first-order valence-corrected chi connectivity index (χ1v) is 7.85. The lowest BCUT2D eigenvalue weighted by Gasteiger charge is -2.35. The van der Waals surface area contributed by atoms with Crippen LogP contribution >= 0.6 is 11.6 Å². The van der Waals surface area contributed by atoms with Gasteiger partial charge in [-0.25, -0.2) is 0 Å². The van der Waals surface area contributed by atoms with E-state index in [2.05, 4.69) is 36.2 Å². The van der Waals surface area contributed by atoms with Crippen LogP contribution in [0.15, 0.2) is 18.2 Å². The van der Waals surface area contributed by atoms with Gasteiger partial charge in [0, 0.05) is 43.0 Å². The summed E-state index contributed by atoms with van der Waals surface area (Å²) in [6, 6.07) is 6.58. The fourth-order valence-corrected chi connectivity index (χ4v) is 2.89. The quantitative estimate of drug-likeness (QED) is 0.877. The van der Waals surface area contributed by atoms with Crippen molar-refractivity contribution in [2.75, 3.05) is 24.6 Å². The van der Waals surface area contributed by atoms with E-state index in [0.29, 0.717) is 12.0 Å². The molecule has 0 aromatic heterocycles. The lowest BCUT2D eigenvalue weighted by Crippen LogP contribution is -2.37. The van der Waals surface area contributed by atoms with E-state index >= 15 is 0 Å². The molecule has 0 radical (unpaired) electrons. The molecule has 1 unspecified atom stereocenters. The van der Waals surface area contributed by atoms with Gasteiger partial charge in [0.15, 0.2) is 0 Å². The molecule has 2 N–H and O–H groups in total. The van der Waals surface area contributed by atoms with E-state index in [4.69, 9.17) is 11.6 Å². The van der Waals surface area contributed by atoms with Crippen LogP contribution in [0, 0.1) is 5.92 Å². The molecule has 3 nitrogen and oxygen atoms in total. The van der Waals surface area contributed by atoms with Crippen molar-refractivity contribution >= 4 is 17.3 Å². The first-order chi connectivity index (χ1) is 9.60. The predicted molar refractivity (Wildman–Crippen MR) is 85.5 cm³/mol. The second-order valence-corrected chi connectivity index (χ2v) is 6.38. The van der Waals surface area contributed by atoms with E-state index in [9.17, 15) is 5.11 Å². The molecular weight excluding hydrogens is 272 g/mol. The molecule has 1 aliphatic rings. The predicted octanol–water partition coefficient (Wildman–Crippen LogP) is 3.05. The van der Waals surface area contributed by atoms with Crippen molar-refractivity contribution in [2.45, 2.75) is 39.3 Å². The van der Waals surface area contributed by atoms with Gasteiger partial charge in [-0.15, -0.1) is 0 Å². The monoisotopic (exact) mass is 296 g/mol. The van der Waals surface area contributed by atoms with E-state index in [-0.39, 0.29) is 6.61 Å². The van der Waals surface area contributed by atoms with Gasteiger partial charge in [0.2, 0.25) is 0 Å². The zero-order chi connectivity index (χ0) is 14.5. The van der Waals surface area contributed by atoms with Gasteiger partial charge in [0.1, 0.15) is 0 Å². The Kier molecular flexibility index (Phi) is 5.70. The fourth-order valence-electron chi connectivity index (χ4n) is 2.73. The summed E-state index contributed by atoms with van der Waals surface area (Å²) in [5, 5.41) is 13.6. The number of piperidine rings is 1. The fraction of sp³-hybridized carbons (Fsp3) is 0.625. The second-order valence-electron chi connectivity index (χ2n) is 5.95. The van der Waals surface area contributed by atoms with Gasteiger partial charge in [-0.1, -0.05) is 31.5 Å². The van der Waals surface area contributed by atoms with Gasteiger partial charge in [0.05, 0.1) is 0 Å². The molecule has 0 spiro atoms. The molecule has 2 rings (SSSR count). The molecule has 0 aliphatic carbocycles. The average Bonchev–Trinajstić information content (AvgIpc) is 2.46. The molecule has 0 saturated carbocycles. The summed E-state index contributed by atoms with van der Waals surface area (Å²) in [5.74, 6) is 0.383. The Hall–Kier alpha value is -0.770. The highest BCUT2D eigenvalue weighted by Crippen LogP contribution is 2.29. The minimum atomic E-state index is 0.274. The van der Waals surface area contributed by atoms with Gasteiger partial charge in [-0.2, -0.15) is 0 Å². The molecular formula is C16H25ClN2O. The number of nitrogens with one attached hydrogen (secondary N) is 1. The van der Waals surface area contributed by atoms with Crippen LogP contribution in [-0.2, 0) is 6.54 Å². The molecule has 20 heavy (non-hydrogen) atoms. The van der Waals surface area contributed by atoms with Crippen molar-refractivity contribution in [3.05, 3.63) is 28.8 Å². The molecule has 1 aliphatic heterocycles. The number of aliphatic hydroxyl groups is 1. The van der Waals surface area contributed by atoms with Gasteiger partial charge in [0.25, 0.3) is 0 Å². The molecule has 1 saturated heterocycles. The summed E-state index contributed by atoms with van der Waals surface area (Å²) in [6.07, 6.45) is 2.25. The highest BCUT2D eigenvalue weighted by atomic mass is 35.5. The van der Waals surface area contributed by atoms with Crippen LogP contribution in [0.3, 0.4) is 0 Å². The molecule has 0 amide bonds. The highest BCUT2D eigenvalue weighted by Gasteiger charge is 2.21. The molecule has 4 heteroatoms. The summed E-state index contributed by atoms with van der Waals surface area (Å²) in [4.78, 5) is 2.37. The van der Waals surface area contributed by atoms with Crippen LogP contribution < -0.4 is 10.2 Å². The van der Waals surface area contributed by atoms with E-state index in [1.54, 1.807) is 0 Å². The topological polar surface area (TPSA) is 35.5 Å². The minimum Gasteiger partial charge on any atom is -0.396 e. The van der Waals surface area contributed by atoms with Crippen LogP contribution in [-0.4, -0.2) is 30.8 Å². The third-order valence-corrected chi connectivity index (χ3v) is 4.10. The summed E-state index contributed by atoms with van der Waals surface area (Å²) >= 11 is 6.17. The van der Waals surface area contributed by atoms with Crippen molar-refractivity contribution in [1.82, 2.24) is 5.32 Å².